The molecule has 132 valence electrons. The Morgan fingerprint density at radius 3 is 2.56 bits per heavy atom. The molecule has 5 heteroatoms. The molecule has 2 aromatic carbocycles. The van der Waals surface area contributed by atoms with Crippen molar-refractivity contribution in [2.24, 2.45) is 0 Å². The van der Waals surface area contributed by atoms with Crippen LogP contribution in [0.2, 0.25) is 0 Å². The van der Waals surface area contributed by atoms with E-state index < -0.39 is 0 Å². The molecule has 0 saturated carbocycles. The van der Waals surface area contributed by atoms with E-state index in [0.717, 1.165) is 22.9 Å². The Kier molecular flexibility index (Phi) is 6.89. The molecule has 2 aromatic rings. The van der Waals surface area contributed by atoms with Crippen molar-refractivity contribution in [1.29, 1.82) is 0 Å². The summed E-state index contributed by atoms with van der Waals surface area (Å²) < 4.78 is 11.0. The van der Waals surface area contributed by atoms with E-state index >= 15 is 0 Å². The van der Waals surface area contributed by atoms with Gasteiger partial charge >= 0.3 is 0 Å². The number of carbonyl (C=O) groups is 1. The Labute approximate surface area is 148 Å². The number of nitrogens with one attached hydrogen (secondary N) is 2. The second-order valence-corrected chi connectivity index (χ2v) is 5.72. The van der Waals surface area contributed by atoms with Gasteiger partial charge in [0.1, 0.15) is 18.1 Å². The van der Waals surface area contributed by atoms with Crippen LogP contribution in [0.3, 0.4) is 0 Å². The summed E-state index contributed by atoms with van der Waals surface area (Å²) in [5.74, 6) is 1.38. The number of carbonyl (C=O) groups excluding carboxylic acids is 1. The Morgan fingerprint density at radius 1 is 1.12 bits per heavy atom. The van der Waals surface area contributed by atoms with E-state index in [2.05, 4.69) is 17.2 Å². The minimum atomic E-state index is -0.130. The van der Waals surface area contributed by atoms with Crippen molar-refractivity contribution in [3.63, 3.8) is 0 Å². The topological polar surface area (TPSA) is 59.6 Å². The lowest BCUT2D eigenvalue weighted by Gasteiger charge is -2.12. The molecule has 0 aliphatic rings. The average Bonchev–Trinajstić information content (AvgIpc) is 2.59. The van der Waals surface area contributed by atoms with Gasteiger partial charge in [0.15, 0.2) is 0 Å². The predicted octanol–water partition coefficient (Wildman–Crippen LogP) is 4.09. The third-order valence-electron chi connectivity index (χ3n) is 3.16. The van der Waals surface area contributed by atoms with E-state index in [1.54, 1.807) is 30.3 Å². The highest BCUT2D eigenvalue weighted by Gasteiger charge is 2.04. The summed E-state index contributed by atoms with van der Waals surface area (Å²) in [4.78, 5) is 12.1. The fourth-order valence-electron chi connectivity index (χ4n) is 2.13. The first kappa shape index (κ1) is 18.4. The maximum atomic E-state index is 12.1. The number of hydrogen-bond donors (Lipinski definition) is 2. The molecule has 5 nitrogen and oxygen atoms in total. The maximum absolute atomic E-state index is 12.1. The van der Waals surface area contributed by atoms with E-state index in [0.29, 0.717) is 6.61 Å². The number of rotatable bonds is 9. The van der Waals surface area contributed by atoms with Gasteiger partial charge in [-0.15, -0.1) is 0 Å². The van der Waals surface area contributed by atoms with E-state index in [-0.39, 0.29) is 18.6 Å². The van der Waals surface area contributed by atoms with Crippen molar-refractivity contribution >= 4 is 17.3 Å². The molecule has 0 atom stereocenters. The van der Waals surface area contributed by atoms with Crippen LogP contribution >= 0.6 is 0 Å². The van der Waals surface area contributed by atoms with Gasteiger partial charge in [0.2, 0.25) is 5.91 Å². The second kappa shape index (κ2) is 9.37. The Morgan fingerprint density at radius 2 is 1.88 bits per heavy atom. The fraction of sp³-hybridized carbons (Fsp3) is 0.250. The van der Waals surface area contributed by atoms with Crippen molar-refractivity contribution in [1.82, 2.24) is 0 Å². The average molecular weight is 340 g/mol. The third kappa shape index (κ3) is 6.59. The summed E-state index contributed by atoms with van der Waals surface area (Å²) >= 11 is 0. The molecular formula is C20H24N2O3. The quantitative estimate of drug-likeness (QED) is 0.675. The Hall–Kier alpha value is -2.95. The molecule has 0 radical (unpaired) electrons. The van der Waals surface area contributed by atoms with E-state index in [1.807, 2.05) is 38.1 Å². The van der Waals surface area contributed by atoms with Crippen LogP contribution in [0.25, 0.3) is 0 Å². The zero-order chi connectivity index (χ0) is 18.1. The third-order valence-corrected chi connectivity index (χ3v) is 3.16. The molecule has 0 aliphatic heterocycles. The maximum Gasteiger partial charge on any atom is 0.243 e. The Bertz CT molecular complexity index is 696. The lowest BCUT2D eigenvalue weighted by atomic mass is 10.3. The van der Waals surface area contributed by atoms with Crippen LogP contribution < -0.4 is 20.1 Å². The molecule has 1 amide bonds. The molecule has 0 bridgehead atoms. The number of amides is 1. The summed E-state index contributed by atoms with van der Waals surface area (Å²) in [5.41, 5.74) is 1.55. The number of benzene rings is 2. The van der Waals surface area contributed by atoms with Gasteiger partial charge in [-0.25, -0.2) is 0 Å². The monoisotopic (exact) mass is 340 g/mol. The van der Waals surface area contributed by atoms with Crippen LogP contribution in [0.4, 0.5) is 11.4 Å². The van der Waals surface area contributed by atoms with Gasteiger partial charge in [0.05, 0.1) is 12.6 Å². The Balaban J connectivity index is 1.83. The van der Waals surface area contributed by atoms with Crippen molar-refractivity contribution < 1.29 is 14.3 Å². The summed E-state index contributed by atoms with van der Waals surface area (Å²) in [7, 11) is 0. The van der Waals surface area contributed by atoms with Gasteiger partial charge in [0.25, 0.3) is 0 Å². The van der Waals surface area contributed by atoms with Crippen molar-refractivity contribution in [3.05, 3.63) is 61.2 Å². The largest absolute Gasteiger partial charge is 0.491 e. The van der Waals surface area contributed by atoms with Gasteiger partial charge in [0, 0.05) is 17.4 Å². The molecule has 0 unspecified atom stereocenters. The molecule has 0 heterocycles. The van der Waals surface area contributed by atoms with Crippen LogP contribution in [0.15, 0.2) is 61.2 Å². The van der Waals surface area contributed by atoms with Crippen LogP contribution in [0.1, 0.15) is 13.8 Å². The van der Waals surface area contributed by atoms with Gasteiger partial charge in [-0.3, -0.25) is 4.79 Å². The second-order valence-electron chi connectivity index (χ2n) is 5.72. The van der Waals surface area contributed by atoms with Crippen molar-refractivity contribution in [2.45, 2.75) is 20.0 Å². The molecule has 2 rings (SSSR count). The van der Waals surface area contributed by atoms with Crippen LogP contribution in [0, 0.1) is 0 Å². The standard InChI is InChI=1S/C20H24N2O3/c1-4-12-24-18-10-8-16(9-11-18)22-20(23)14-21-17-6-5-7-19(13-17)25-15(2)3/h4-11,13,15,21H,1,12,14H2,2-3H3,(H,22,23). The highest BCUT2D eigenvalue weighted by molar-refractivity contribution is 5.93. The zero-order valence-electron chi connectivity index (χ0n) is 14.6. The summed E-state index contributed by atoms with van der Waals surface area (Å²) in [6.45, 7) is 8.17. The van der Waals surface area contributed by atoms with E-state index in [4.69, 9.17) is 9.47 Å². The molecule has 2 N–H and O–H groups in total. The normalized spacial score (nSPS) is 10.2. The van der Waals surface area contributed by atoms with E-state index in [1.165, 1.54) is 0 Å². The first-order valence-corrected chi connectivity index (χ1v) is 8.21. The SMILES string of the molecule is C=CCOc1ccc(NC(=O)CNc2cccc(OC(C)C)c2)cc1. The summed E-state index contributed by atoms with van der Waals surface area (Å²) in [6, 6.07) is 14.8. The van der Waals surface area contributed by atoms with Gasteiger partial charge in [-0.1, -0.05) is 18.7 Å². The molecule has 25 heavy (non-hydrogen) atoms. The van der Waals surface area contributed by atoms with Gasteiger partial charge in [-0.05, 0) is 50.2 Å². The molecular weight excluding hydrogens is 316 g/mol. The lowest BCUT2D eigenvalue weighted by molar-refractivity contribution is -0.114. The number of hydrogen-bond acceptors (Lipinski definition) is 4. The number of anilines is 2. The minimum Gasteiger partial charge on any atom is -0.491 e. The molecule has 0 spiro atoms. The first-order valence-electron chi connectivity index (χ1n) is 8.21. The van der Waals surface area contributed by atoms with Gasteiger partial charge < -0.3 is 20.1 Å². The lowest BCUT2D eigenvalue weighted by Crippen LogP contribution is -2.21. The minimum absolute atomic E-state index is 0.108. The van der Waals surface area contributed by atoms with Crippen LogP contribution in [-0.4, -0.2) is 25.2 Å². The number of ether oxygens (including phenoxy) is 2. The molecule has 0 saturated heterocycles. The van der Waals surface area contributed by atoms with E-state index in [9.17, 15) is 4.79 Å². The summed E-state index contributed by atoms with van der Waals surface area (Å²) in [5, 5.41) is 5.92. The zero-order valence-corrected chi connectivity index (χ0v) is 14.6. The first-order chi connectivity index (χ1) is 12.1. The summed E-state index contributed by atoms with van der Waals surface area (Å²) in [6.07, 6.45) is 1.79. The highest BCUT2D eigenvalue weighted by Crippen LogP contribution is 2.19. The smallest absolute Gasteiger partial charge is 0.243 e. The predicted molar refractivity (Wildman–Crippen MR) is 101 cm³/mol. The molecule has 0 aromatic heterocycles. The van der Waals surface area contributed by atoms with Crippen LogP contribution in [0.5, 0.6) is 11.5 Å². The van der Waals surface area contributed by atoms with Gasteiger partial charge in [-0.2, -0.15) is 0 Å². The fourth-order valence-corrected chi connectivity index (χ4v) is 2.13. The van der Waals surface area contributed by atoms with Crippen LogP contribution in [-0.2, 0) is 4.79 Å². The van der Waals surface area contributed by atoms with Crippen molar-refractivity contribution in [2.75, 3.05) is 23.8 Å². The molecule has 0 fully saturated rings. The van der Waals surface area contributed by atoms with Crippen molar-refractivity contribution in [3.8, 4) is 11.5 Å². The molecule has 0 aliphatic carbocycles. The highest BCUT2D eigenvalue weighted by atomic mass is 16.5.